The summed E-state index contributed by atoms with van der Waals surface area (Å²) in [6.45, 7) is 15.0. The lowest BCUT2D eigenvalue weighted by atomic mass is 9.72. The SMILES string of the molecule is CCCCCN1C(=CC=CC2=[N+](C)c3ccc4ccccc4c3C2(C)Cc2ccc(C)cc2)C(CC)(CC)c2cc(C)ccc21. The van der Waals surface area contributed by atoms with Crippen LogP contribution in [0.2, 0.25) is 0 Å². The summed E-state index contributed by atoms with van der Waals surface area (Å²) < 4.78 is 2.45. The summed E-state index contributed by atoms with van der Waals surface area (Å²) in [6.07, 6.45) is 14.1. The third-order valence-electron chi connectivity index (χ3n) is 10.9. The number of fused-ring (bicyclic) bond motifs is 4. The molecule has 1 unspecified atom stereocenters. The van der Waals surface area contributed by atoms with E-state index in [4.69, 9.17) is 0 Å². The average Bonchev–Trinajstić information content (AvgIpc) is 3.43. The van der Waals surface area contributed by atoms with E-state index in [9.17, 15) is 0 Å². The lowest BCUT2D eigenvalue weighted by molar-refractivity contribution is -0.401. The minimum atomic E-state index is -0.168. The third kappa shape index (κ3) is 5.27. The molecule has 0 amide bonds. The fourth-order valence-corrected chi connectivity index (χ4v) is 8.36. The molecule has 0 spiro atoms. The second kappa shape index (κ2) is 12.5. The van der Waals surface area contributed by atoms with Crippen LogP contribution in [0.5, 0.6) is 0 Å². The summed E-state index contributed by atoms with van der Waals surface area (Å²) in [7, 11) is 2.26. The zero-order valence-electron chi connectivity index (χ0n) is 28.6. The second-order valence-electron chi connectivity index (χ2n) is 13.7. The molecule has 1 atom stereocenters. The standard InChI is InChI=1S/C43H51N2/c1-8-11-14-28-45-37-26-22-32(5)29-36(37)43(9-2,10-3)40(45)19-15-18-39-42(6,30-33-23-20-31(4)21-24-33)41-35-17-13-12-16-34(35)25-27-38(41)44(39)7/h12-13,15-27,29H,8-11,14,28,30H2,1-7H3/q+1. The number of rotatable bonds is 10. The normalized spacial score (nSPS) is 19.7. The number of aryl methyl sites for hydroxylation is 2. The van der Waals surface area contributed by atoms with Gasteiger partial charge in [0, 0.05) is 41.1 Å². The van der Waals surface area contributed by atoms with Gasteiger partial charge in [0.15, 0.2) is 5.71 Å². The molecule has 4 aromatic rings. The largest absolute Gasteiger partial charge is 0.344 e. The fraction of sp³-hybridized carbons (Fsp3) is 0.372. The fourth-order valence-electron chi connectivity index (χ4n) is 8.36. The minimum Gasteiger partial charge on any atom is -0.344 e. The number of anilines is 1. The van der Waals surface area contributed by atoms with E-state index in [1.54, 1.807) is 0 Å². The summed E-state index contributed by atoms with van der Waals surface area (Å²) in [4.78, 5) is 2.65. The lowest BCUT2D eigenvalue weighted by Gasteiger charge is -2.32. The first-order chi connectivity index (χ1) is 21.8. The number of unbranched alkanes of at least 4 members (excludes halogenated alkanes) is 2. The van der Waals surface area contributed by atoms with Gasteiger partial charge in [-0.3, -0.25) is 0 Å². The van der Waals surface area contributed by atoms with Crippen LogP contribution in [0.1, 0.15) is 87.6 Å². The Morgan fingerprint density at radius 3 is 2.29 bits per heavy atom. The van der Waals surface area contributed by atoms with Crippen LogP contribution < -0.4 is 4.90 Å². The molecule has 2 aliphatic rings. The van der Waals surface area contributed by atoms with Crippen LogP contribution in [0.15, 0.2) is 103 Å². The number of allylic oxidation sites excluding steroid dienone is 4. The zero-order chi connectivity index (χ0) is 31.8. The third-order valence-corrected chi connectivity index (χ3v) is 10.9. The van der Waals surface area contributed by atoms with Crippen molar-refractivity contribution in [3.05, 3.63) is 131 Å². The van der Waals surface area contributed by atoms with Gasteiger partial charge in [0.2, 0.25) is 5.69 Å². The van der Waals surface area contributed by atoms with Gasteiger partial charge in [-0.2, -0.15) is 4.58 Å². The Labute approximate surface area is 271 Å². The van der Waals surface area contributed by atoms with E-state index < -0.39 is 0 Å². The summed E-state index contributed by atoms with van der Waals surface area (Å²) in [5.41, 5.74) is 12.4. The highest BCUT2D eigenvalue weighted by molar-refractivity contribution is 6.08. The molecule has 0 saturated carbocycles. The first-order valence-electron chi connectivity index (χ1n) is 17.2. The average molecular weight is 596 g/mol. The van der Waals surface area contributed by atoms with Gasteiger partial charge in [-0.15, -0.1) is 0 Å². The summed E-state index contributed by atoms with van der Waals surface area (Å²) in [5, 5.41) is 2.67. The highest BCUT2D eigenvalue weighted by Gasteiger charge is 2.48. The zero-order valence-corrected chi connectivity index (χ0v) is 28.6. The van der Waals surface area contributed by atoms with E-state index in [-0.39, 0.29) is 10.8 Å². The van der Waals surface area contributed by atoms with E-state index >= 15 is 0 Å². The Morgan fingerprint density at radius 2 is 1.56 bits per heavy atom. The van der Waals surface area contributed by atoms with Crippen LogP contribution in [0.25, 0.3) is 10.8 Å². The van der Waals surface area contributed by atoms with Gasteiger partial charge in [-0.05, 0) is 86.6 Å². The van der Waals surface area contributed by atoms with Gasteiger partial charge in [0.1, 0.15) is 7.05 Å². The molecule has 4 aromatic carbocycles. The lowest BCUT2D eigenvalue weighted by Crippen LogP contribution is -2.33. The van der Waals surface area contributed by atoms with Crippen LogP contribution in [0, 0.1) is 13.8 Å². The maximum atomic E-state index is 2.65. The van der Waals surface area contributed by atoms with Crippen molar-refractivity contribution in [3.8, 4) is 0 Å². The van der Waals surface area contributed by atoms with E-state index in [0.29, 0.717) is 0 Å². The number of hydrogen-bond acceptors (Lipinski definition) is 1. The van der Waals surface area contributed by atoms with Crippen molar-refractivity contribution in [2.75, 3.05) is 18.5 Å². The molecule has 0 bridgehead atoms. The predicted octanol–water partition coefficient (Wildman–Crippen LogP) is 10.9. The Kier molecular flexibility index (Phi) is 8.61. The maximum absolute atomic E-state index is 2.65. The molecule has 2 heteroatoms. The maximum Gasteiger partial charge on any atom is 0.210 e. The highest BCUT2D eigenvalue weighted by Crippen LogP contribution is 2.52. The van der Waals surface area contributed by atoms with E-state index in [1.165, 1.54) is 80.6 Å². The molecule has 6 rings (SSSR count). The van der Waals surface area contributed by atoms with E-state index in [2.05, 4.69) is 155 Å². The molecule has 2 nitrogen and oxygen atoms in total. The van der Waals surface area contributed by atoms with Gasteiger partial charge < -0.3 is 4.90 Å². The molecule has 0 radical (unpaired) electrons. The molecule has 0 saturated heterocycles. The first kappa shape index (κ1) is 31.1. The van der Waals surface area contributed by atoms with Crippen LogP contribution in [-0.2, 0) is 17.3 Å². The number of benzene rings is 4. The molecule has 45 heavy (non-hydrogen) atoms. The minimum absolute atomic E-state index is 0.0362. The molecular weight excluding hydrogens is 544 g/mol. The smallest absolute Gasteiger partial charge is 0.210 e. The molecule has 2 heterocycles. The van der Waals surface area contributed by atoms with E-state index in [0.717, 1.165) is 25.8 Å². The predicted molar refractivity (Wildman–Crippen MR) is 195 cm³/mol. The van der Waals surface area contributed by atoms with Gasteiger partial charge in [-0.1, -0.05) is 111 Å². The van der Waals surface area contributed by atoms with Crippen LogP contribution in [0.4, 0.5) is 11.4 Å². The molecule has 0 aliphatic carbocycles. The topological polar surface area (TPSA) is 6.25 Å². The van der Waals surface area contributed by atoms with Gasteiger partial charge in [0.25, 0.3) is 0 Å². The first-order valence-corrected chi connectivity index (χ1v) is 17.2. The van der Waals surface area contributed by atoms with Crippen molar-refractivity contribution in [1.29, 1.82) is 0 Å². The van der Waals surface area contributed by atoms with Crippen molar-refractivity contribution in [2.24, 2.45) is 0 Å². The van der Waals surface area contributed by atoms with Crippen LogP contribution >= 0.6 is 0 Å². The molecular formula is C43H51N2+. The van der Waals surface area contributed by atoms with Crippen molar-refractivity contribution in [1.82, 2.24) is 0 Å². The van der Waals surface area contributed by atoms with Crippen molar-refractivity contribution >= 4 is 27.9 Å². The van der Waals surface area contributed by atoms with Crippen LogP contribution in [-0.4, -0.2) is 23.9 Å². The summed E-state index contributed by atoms with van der Waals surface area (Å²) in [6, 6.07) is 29.8. The van der Waals surface area contributed by atoms with E-state index in [1.807, 2.05) is 0 Å². The molecule has 2 aliphatic heterocycles. The van der Waals surface area contributed by atoms with Gasteiger partial charge in [-0.25, -0.2) is 0 Å². The molecule has 0 fully saturated rings. The van der Waals surface area contributed by atoms with Crippen molar-refractivity contribution in [2.45, 2.75) is 90.9 Å². The second-order valence-corrected chi connectivity index (χ2v) is 13.7. The Morgan fingerprint density at radius 1 is 0.822 bits per heavy atom. The Balaban J connectivity index is 1.47. The Bertz CT molecular complexity index is 1800. The summed E-state index contributed by atoms with van der Waals surface area (Å²) in [5.74, 6) is 0. The molecule has 232 valence electrons. The van der Waals surface area contributed by atoms with Crippen molar-refractivity contribution < 1.29 is 4.58 Å². The quantitative estimate of drug-likeness (QED) is 0.131. The molecule has 0 aromatic heterocycles. The van der Waals surface area contributed by atoms with Crippen molar-refractivity contribution in [3.63, 3.8) is 0 Å². The number of nitrogens with zero attached hydrogens (tertiary/aromatic N) is 2. The summed E-state index contributed by atoms with van der Waals surface area (Å²) >= 11 is 0. The molecule has 0 N–H and O–H groups in total. The van der Waals surface area contributed by atoms with Gasteiger partial charge >= 0.3 is 0 Å². The van der Waals surface area contributed by atoms with Gasteiger partial charge in [0.05, 0.1) is 5.41 Å². The van der Waals surface area contributed by atoms with Crippen LogP contribution in [0.3, 0.4) is 0 Å². The Hall–Kier alpha value is -3.91. The monoisotopic (exact) mass is 595 g/mol. The highest BCUT2D eigenvalue weighted by atomic mass is 15.2. The number of hydrogen-bond donors (Lipinski definition) is 0.